The van der Waals surface area contributed by atoms with E-state index in [1.807, 2.05) is 86.6 Å². The summed E-state index contributed by atoms with van der Waals surface area (Å²) in [7, 11) is -3.67. The van der Waals surface area contributed by atoms with E-state index in [0.29, 0.717) is 11.5 Å². The van der Waals surface area contributed by atoms with Gasteiger partial charge >= 0.3 is 10.1 Å². The Hall–Kier alpha value is -3.26. The van der Waals surface area contributed by atoms with Gasteiger partial charge in [-0.15, -0.1) is 0 Å². The van der Waals surface area contributed by atoms with Crippen molar-refractivity contribution in [3.63, 3.8) is 0 Å². The molecule has 35 heavy (non-hydrogen) atoms. The van der Waals surface area contributed by atoms with Gasteiger partial charge in [-0.2, -0.15) is 8.42 Å². The molecule has 4 aromatic carbocycles. The highest BCUT2D eigenvalue weighted by molar-refractivity contribution is 8.33. The van der Waals surface area contributed by atoms with E-state index < -0.39 is 20.4 Å². The number of methoxy groups -OCH3 is 2. The molecule has 5 nitrogen and oxygen atoms in total. The van der Waals surface area contributed by atoms with Crippen molar-refractivity contribution < 1.29 is 21.5 Å². The second-order valence-electron chi connectivity index (χ2n) is 8.06. The molecule has 0 aliphatic carbocycles. The molecule has 7 heteroatoms. The van der Waals surface area contributed by atoms with Crippen molar-refractivity contribution in [1.29, 1.82) is 0 Å². The summed E-state index contributed by atoms with van der Waals surface area (Å²) < 4.78 is 44.6. The fourth-order valence-electron chi connectivity index (χ4n) is 3.67. The number of aryl methyl sites for hydroxylation is 2. The third-order valence-electron chi connectivity index (χ3n) is 5.64. The number of hydrogen-bond donors (Lipinski definition) is 0. The smallest absolute Gasteiger partial charge is 0.307 e. The summed E-state index contributed by atoms with van der Waals surface area (Å²) >= 11 is 0. The van der Waals surface area contributed by atoms with Crippen LogP contribution in [0.15, 0.2) is 117 Å². The Morgan fingerprint density at radius 3 is 1.14 bits per heavy atom. The molecular weight excluding hydrogens is 480 g/mol. The van der Waals surface area contributed by atoms with Crippen LogP contribution in [0.5, 0.6) is 11.5 Å². The summed E-state index contributed by atoms with van der Waals surface area (Å²) in [5.41, 5.74) is 2.03. The normalized spacial score (nSPS) is 12.2. The molecule has 4 rings (SSSR count). The molecule has 0 aliphatic rings. The lowest BCUT2D eigenvalue weighted by atomic mass is 10.2. The topological polar surface area (TPSA) is 61.8 Å². The third kappa shape index (κ3) is 5.07. The second kappa shape index (κ2) is 10.2. The predicted octanol–water partition coefficient (Wildman–Crippen LogP) is 6.92. The van der Waals surface area contributed by atoms with Crippen molar-refractivity contribution in [3.05, 3.63) is 108 Å². The molecule has 0 bridgehead atoms. The number of rotatable bonds is 8. The fourth-order valence-corrected chi connectivity index (χ4v) is 8.85. The molecule has 0 amide bonds. The monoisotopic (exact) mass is 508 g/mol. The molecule has 0 saturated carbocycles. The summed E-state index contributed by atoms with van der Waals surface area (Å²) in [6.45, 7) is 3.90. The largest absolute Gasteiger partial charge is 0.497 e. The third-order valence-corrected chi connectivity index (χ3v) is 10.8. The Labute approximate surface area is 209 Å². The average Bonchev–Trinajstić information content (AvgIpc) is 2.88. The van der Waals surface area contributed by atoms with Crippen molar-refractivity contribution in [2.75, 3.05) is 14.2 Å². The standard InChI is InChI=1S/C28H28O5S2/c1-21-5-13-25(14-6-21)34(26-17-9-23(31-3)10-18-26,27-19-11-24(32-4)12-20-27)33-35(29,30)28-15-7-22(2)8-16-28/h5-20H,1-4H3. The lowest BCUT2D eigenvalue weighted by Gasteiger charge is -2.39. The number of hydrogen-bond acceptors (Lipinski definition) is 5. The molecule has 0 fully saturated rings. The van der Waals surface area contributed by atoms with E-state index in [1.165, 1.54) is 0 Å². The van der Waals surface area contributed by atoms with E-state index in [9.17, 15) is 8.42 Å². The van der Waals surface area contributed by atoms with Crippen LogP contribution >= 0.6 is 10.3 Å². The van der Waals surface area contributed by atoms with Gasteiger partial charge < -0.3 is 9.47 Å². The average molecular weight is 509 g/mol. The first-order valence-corrected chi connectivity index (χ1v) is 14.0. The summed E-state index contributed by atoms with van der Waals surface area (Å²) in [4.78, 5) is 2.31. The van der Waals surface area contributed by atoms with E-state index in [4.69, 9.17) is 13.1 Å². The van der Waals surface area contributed by atoms with Gasteiger partial charge in [0.25, 0.3) is 0 Å². The maximum Gasteiger partial charge on any atom is 0.307 e. The first-order chi connectivity index (χ1) is 16.8. The van der Waals surface area contributed by atoms with Gasteiger partial charge in [0, 0.05) is 14.7 Å². The van der Waals surface area contributed by atoms with Gasteiger partial charge in [-0.05, 0) is 97.0 Å². The molecule has 182 valence electrons. The lowest BCUT2D eigenvalue weighted by molar-refractivity contribution is 0.414. The van der Waals surface area contributed by atoms with E-state index in [2.05, 4.69) is 0 Å². The van der Waals surface area contributed by atoms with Crippen molar-refractivity contribution in [2.24, 2.45) is 0 Å². The molecule has 4 aromatic rings. The fraction of sp³-hybridized carbons (Fsp3) is 0.143. The van der Waals surface area contributed by atoms with Gasteiger partial charge in [-0.25, -0.2) is 3.63 Å². The van der Waals surface area contributed by atoms with Crippen molar-refractivity contribution >= 4 is 20.4 Å². The molecule has 0 aliphatic heterocycles. The van der Waals surface area contributed by atoms with Crippen LogP contribution in [-0.2, 0) is 13.7 Å². The maximum atomic E-state index is 13.7. The van der Waals surface area contributed by atoms with Gasteiger partial charge in [0.1, 0.15) is 11.5 Å². The Morgan fingerprint density at radius 2 is 0.800 bits per heavy atom. The maximum absolute atomic E-state index is 13.7. The Bertz CT molecular complexity index is 1330. The van der Waals surface area contributed by atoms with Crippen LogP contribution in [0.3, 0.4) is 0 Å². The Kier molecular flexibility index (Phi) is 7.21. The quantitative estimate of drug-likeness (QED) is 0.258. The van der Waals surface area contributed by atoms with Crippen molar-refractivity contribution in [2.45, 2.75) is 33.4 Å². The highest BCUT2D eigenvalue weighted by Gasteiger charge is 2.38. The lowest BCUT2D eigenvalue weighted by Crippen LogP contribution is -2.14. The first kappa shape index (κ1) is 24.9. The SMILES string of the molecule is COc1ccc(S(OS(=O)(=O)c2ccc(C)cc2)(c2ccc(C)cc2)c2ccc(OC)cc2)cc1. The first-order valence-electron chi connectivity index (χ1n) is 11.0. The molecule has 0 heterocycles. The van der Waals surface area contributed by atoms with E-state index >= 15 is 0 Å². The van der Waals surface area contributed by atoms with Gasteiger partial charge in [-0.1, -0.05) is 35.4 Å². The summed E-state index contributed by atoms with van der Waals surface area (Å²) in [5, 5.41) is 0. The Balaban J connectivity index is 2.01. The van der Waals surface area contributed by atoms with Crippen LogP contribution in [0.2, 0.25) is 0 Å². The molecule has 0 N–H and O–H groups in total. The van der Waals surface area contributed by atoms with Crippen molar-refractivity contribution in [1.82, 2.24) is 0 Å². The van der Waals surface area contributed by atoms with E-state index in [1.54, 1.807) is 38.5 Å². The zero-order chi connectivity index (χ0) is 25.1. The second-order valence-corrected chi connectivity index (χ2v) is 12.5. The number of benzene rings is 4. The molecule has 0 spiro atoms. The van der Waals surface area contributed by atoms with Crippen LogP contribution in [0.1, 0.15) is 11.1 Å². The molecule has 0 atom stereocenters. The zero-order valence-electron chi connectivity index (χ0n) is 20.1. The minimum Gasteiger partial charge on any atom is -0.497 e. The van der Waals surface area contributed by atoms with Crippen LogP contribution in [0, 0.1) is 13.8 Å². The van der Waals surface area contributed by atoms with Crippen LogP contribution in [-0.4, -0.2) is 22.6 Å². The summed E-state index contributed by atoms with van der Waals surface area (Å²) in [6, 6.07) is 29.2. The van der Waals surface area contributed by atoms with Crippen LogP contribution in [0.25, 0.3) is 0 Å². The molecule has 0 saturated heterocycles. The number of ether oxygens (including phenoxy) is 2. The molecular formula is C28H28O5S2. The predicted molar refractivity (Wildman–Crippen MR) is 139 cm³/mol. The Morgan fingerprint density at radius 1 is 0.486 bits per heavy atom. The minimum atomic E-state index is -4.15. The van der Waals surface area contributed by atoms with Gasteiger partial charge in [0.05, 0.1) is 19.1 Å². The van der Waals surface area contributed by atoms with Gasteiger partial charge in [0.2, 0.25) is 0 Å². The molecule has 0 unspecified atom stereocenters. The summed E-state index contributed by atoms with van der Waals surface area (Å²) in [5.74, 6) is 1.34. The van der Waals surface area contributed by atoms with Gasteiger partial charge in [0.15, 0.2) is 0 Å². The molecule has 0 aromatic heterocycles. The highest BCUT2D eigenvalue weighted by Crippen LogP contribution is 2.70. The summed E-state index contributed by atoms with van der Waals surface area (Å²) in [6.07, 6.45) is 0. The highest BCUT2D eigenvalue weighted by atomic mass is 32.3. The van der Waals surface area contributed by atoms with Crippen LogP contribution < -0.4 is 9.47 Å². The van der Waals surface area contributed by atoms with Crippen LogP contribution in [0.4, 0.5) is 0 Å². The zero-order valence-corrected chi connectivity index (χ0v) is 21.7. The van der Waals surface area contributed by atoms with E-state index in [0.717, 1.165) is 25.8 Å². The van der Waals surface area contributed by atoms with Crippen molar-refractivity contribution in [3.8, 4) is 11.5 Å². The minimum absolute atomic E-state index is 0.106. The van der Waals surface area contributed by atoms with Gasteiger partial charge in [-0.3, -0.25) is 0 Å². The molecule has 0 radical (unpaired) electrons. The van der Waals surface area contributed by atoms with E-state index in [-0.39, 0.29) is 4.90 Å².